The second-order valence-electron chi connectivity index (χ2n) is 4.71. The molecule has 20 heavy (non-hydrogen) atoms. The van der Waals surface area contributed by atoms with Gasteiger partial charge in [-0.05, 0) is 45.0 Å². The van der Waals surface area contributed by atoms with Crippen molar-refractivity contribution in [3.05, 3.63) is 28.2 Å². The topological polar surface area (TPSA) is 93.5 Å². The molecule has 6 nitrogen and oxygen atoms in total. The van der Waals surface area contributed by atoms with E-state index in [9.17, 15) is 0 Å². The predicted molar refractivity (Wildman–Crippen MR) is 79.3 cm³/mol. The molecule has 0 fully saturated rings. The first-order chi connectivity index (χ1) is 9.31. The molecular formula is C13H18N6S. The van der Waals surface area contributed by atoms with Gasteiger partial charge in [-0.15, -0.1) is 0 Å². The van der Waals surface area contributed by atoms with E-state index in [1.165, 1.54) is 11.8 Å². The van der Waals surface area contributed by atoms with Crippen molar-refractivity contribution in [1.29, 1.82) is 5.41 Å². The first-order valence-electron chi connectivity index (χ1n) is 6.19. The Bertz CT molecular complexity index is 665. The molecule has 0 spiro atoms. The quantitative estimate of drug-likeness (QED) is 0.511. The Morgan fingerprint density at radius 3 is 2.15 bits per heavy atom. The fourth-order valence-corrected chi connectivity index (χ4v) is 3.01. The van der Waals surface area contributed by atoms with Gasteiger partial charge < -0.3 is 5.73 Å². The summed E-state index contributed by atoms with van der Waals surface area (Å²) in [5, 5.41) is 13.4. The van der Waals surface area contributed by atoms with Gasteiger partial charge in [-0.3, -0.25) is 10.1 Å². The smallest absolute Gasteiger partial charge is 0.194 e. The van der Waals surface area contributed by atoms with E-state index in [-0.39, 0.29) is 5.84 Å². The minimum Gasteiger partial charge on any atom is -0.384 e. The minimum absolute atomic E-state index is 0.0126. The molecule has 0 saturated carbocycles. The molecule has 2 aromatic heterocycles. The second-order valence-corrected chi connectivity index (χ2v) is 5.66. The Balaban J connectivity index is 2.48. The third kappa shape index (κ3) is 2.53. The summed E-state index contributed by atoms with van der Waals surface area (Å²) in [6.07, 6.45) is 0. The normalized spacial score (nSPS) is 10.8. The lowest BCUT2D eigenvalue weighted by Gasteiger charge is -2.08. The highest BCUT2D eigenvalue weighted by atomic mass is 32.2. The monoisotopic (exact) mass is 290 g/mol. The molecule has 7 heteroatoms. The summed E-state index contributed by atoms with van der Waals surface area (Å²) in [7, 11) is 1.83. The number of amidine groups is 1. The summed E-state index contributed by atoms with van der Waals surface area (Å²) in [6, 6.07) is 0. The van der Waals surface area contributed by atoms with E-state index >= 15 is 0 Å². The first kappa shape index (κ1) is 14.5. The van der Waals surface area contributed by atoms with Crippen LogP contribution in [0.2, 0.25) is 0 Å². The fourth-order valence-electron chi connectivity index (χ4n) is 1.94. The standard InChI is InChI=1S/C13H18N6S/c1-6-7(2)16-13(17-8(6)3)20-12-10(11(14)15)9(4)18-19(12)5/h1-5H3,(H3,14,15). The highest BCUT2D eigenvalue weighted by molar-refractivity contribution is 7.99. The average molecular weight is 290 g/mol. The molecule has 0 saturated heterocycles. The lowest BCUT2D eigenvalue weighted by atomic mass is 10.2. The van der Waals surface area contributed by atoms with Crippen molar-refractivity contribution in [2.75, 3.05) is 0 Å². The number of hydrogen-bond donors (Lipinski definition) is 2. The van der Waals surface area contributed by atoms with Crippen molar-refractivity contribution in [3.8, 4) is 0 Å². The Hall–Kier alpha value is -1.89. The van der Waals surface area contributed by atoms with Crippen LogP contribution in [-0.2, 0) is 7.05 Å². The Labute approximate surface area is 122 Å². The van der Waals surface area contributed by atoms with Crippen LogP contribution >= 0.6 is 11.8 Å². The first-order valence-corrected chi connectivity index (χ1v) is 7.00. The molecule has 0 bridgehead atoms. The van der Waals surface area contributed by atoms with Crippen LogP contribution in [-0.4, -0.2) is 25.6 Å². The van der Waals surface area contributed by atoms with Crippen LogP contribution in [0.15, 0.2) is 10.2 Å². The maximum absolute atomic E-state index is 7.69. The number of nitrogens with two attached hydrogens (primary N) is 1. The summed E-state index contributed by atoms with van der Waals surface area (Å²) in [5.74, 6) is 0.0126. The zero-order valence-electron chi connectivity index (χ0n) is 12.3. The van der Waals surface area contributed by atoms with E-state index in [2.05, 4.69) is 15.1 Å². The Morgan fingerprint density at radius 2 is 1.65 bits per heavy atom. The molecule has 2 heterocycles. The van der Waals surface area contributed by atoms with Gasteiger partial charge in [-0.2, -0.15) is 5.10 Å². The van der Waals surface area contributed by atoms with Gasteiger partial charge in [0.1, 0.15) is 10.9 Å². The van der Waals surface area contributed by atoms with Crippen molar-refractivity contribution in [3.63, 3.8) is 0 Å². The highest BCUT2D eigenvalue weighted by Gasteiger charge is 2.18. The van der Waals surface area contributed by atoms with E-state index in [4.69, 9.17) is 11.1 Å². The molecule has 0 aliphatic rings. The van der Waals surface area contributed by atoms with Crippen molar-refractivity contribution >= 4 is 17.6 Å². The number of rotatable bonds is 3. The number of hydrogen-bond acceptors (Lipinski definition) is 5. The lowest BCUT2D eigenvalue weighted by molar-refractivity contribution is 0.690. The maximum Gasteiger partial charge on any atom is 0.194 e. The molecule has 0 amide bonds. The van der Waals surface area contributed by atoms with Gasteiger partial charge >= 0.3 is 0 Å². The third-order valence-corrected chi connectivity index (χ3v) is 4.27. The third-order valence-electron chi connectivity index (χ3n) is 3.24. The summed E-state index contributed by atoms with van der Waals surface area (Å²) >= 11 is 1.38. The van der Waals surface area contributed by atoms with Gasteiger partial charge in [0, 0.05) is 18.4 Å². The fraction of sp³-hybridized carbons (Fsp3) is 0.385. The van der Waals surface area contributed by atoms with Gasteiger partial charge in [-0.1, -0.05) is 0 Å². The number of nitrogen functional groups attached to an aromatic ring is 1. The second kappa shape index (κ2) is 5.24. The average Bonchev–Trinajstić information content (AvgIpc) is 2.61. The molecule has 0 unspecified atom stereocenters. The zero-order valence-corrected chi connectivity index (χ0v) is 13.1. The molecule has 106 valence electrons. The zero-order chi connectivity index (χ0) is 15.0. The summed E-state index contributed by atoms with van der Waals surface area (Å²) < 4.78 is 1.71. The summed E-state index contributed by atoms with van der Waals surface area (Å²) in [6.45, 7) is 7.78. The van der Waals surface area contributed by atoms with Gasteiger partial charge in [0.05, 0.1) is 11.3 Å². The van der Waals surface area contributed by atoms with Crippen molar-refractivity contribution in [1.82, 2.24) is 19.7 Å². The number of aryl methyl sites for hydroxylation is 4. The Morgan fingerprint density at radius 1 is 1.10 bits per heavy atom. The molecule has 0 atom stereocenters. The van der Waals surface area contributed by atoms with E-state index < -0.39 is 0 Å². The van der Waals surface area contributed by atoms with Crippen LogP contribution in [0.3, 0.4) is 0 Å². The molecule has 0 radical (unpaired) electrons. The van der Waals surface area contributed by atoms with Gasteiger partial charge in [0.25, 0.3) is 0 Å². The van der Waals surface area contributed by atoms with Crippen LogP contribution in [0.4, 0.5) is 0 Å². The summed E-state index contributed by atoms with van der Waals surface area (Å²) in [4.78, 5) is 8.96. The molecule has 0 aromatic carbocycles. The van der Waals surface area contributed by atoms with E-state index in [0.717, 1.165) is 27.7 Å². The molecule has 3 N–H and O–H groups in total. The molecule has 0 aliphatic carbocycles. The van der Waals surface area contributed by atoms with Crippen LogP contribution in [0.25, 0.3) is 0 Å². The Kier molecular flexibility index (Phi) is 3.80. The lowest BCUT2D eigenvalue weighted by Crippen LogP contribution is -2.13. The van der Waals surface area contributed by atoms with E-state index in [0.29, 0.717) is 10.7 Å². The van der Waals surface area contributed by atoms with Crippen molar-refractivity contribution in [2.45, 2.75) is 37.9 Å². The van der Waals surface area contributed by atoms with Crippen molar-refractivity contribution in [2.24, 2.45) is 12.8 Å². The van der Waals surface area contributed by atoms with Crippen LogP contribution < -0.4 is 5.73 Å². The van der Waals surface area contributed by atoms with Gasteiger partial charge in [-0.25, -0.2) is 9.97 Å². The number of nitrogens with one attached hydrogen (secondary N) is 1. The van der Waals surface area contributed by atoms with Crippen LogP contribution in [0.1, 0.15) is 28.2 Å². The molecule has 0 aliphatic heterocycles. The highest BCUT2D eigenvalue weighted by Crippen LogP contribution is 2.30. The SMILES string of the molecule is Cc1nc(Sc2c(C(=N)N)c(C)nn2C)nc(C)c1C. The van der Waals surface area contributed by atoms with E-state index in [1.807, 2.05) is 34.7 Å². The van der Waals surface area contributed by atoms with Crippen LogP contribution in [0.5, 0.6) is 0 Å². The van der Waals surface area contributed by atoms with Gasteiger partial charge in [0.2, 0.25) is 0 Å². The largest absolute Gasteiger partial charge is 0.384 e. The summed E-state index contributed by atoms with van der Waals surface area (Å²) in [5.41, 5.74) is 10.1. The minimum atomic E-state index is 0.0126. The number of aromatic nitrogens is 4. The van der Waals surface area contributed by atoms with E-state index in [1.54, 1.807) is 4.68 Å². The molecular weight excluding hydrogens is 272 g/mol. The number of nitrogens with zero attached hydrogens (tertiary/aromatic N) is 4. The molecule has 2 aromatic rings. The predicted octanol–water partition coefficient (Wildman–Crippen LogP) is 1.88. The van der Waals surface area contributed by atoms with Crippen LogP contribution in [0, 0.1) is 33.1 Å². The van der Waals surface area contributed by atoms with Crippen molar-refractivity contribution < 1.29 is 0 Å². The maximum atomic E-state index is 7.69. The van der Waals surface area contributed by atoms with Gasteiger partial charge in [0.15, 0.2) is 5.16 Å². The molecule has 2 rings (SSSR count).